The number of hydrogen-bond acceptors (Lipinski definition) is 2. The van der Waals surface area contributed by atoms with Gasteiger partial charge in [0.2, 0.25) is 0 Å². The molecular formula is C18H17NO3. The van der Waals surface area contributed by atoms with Gasteiger partial charge in [-0.05, 0) is 29.7 Å². The summed E-state index contributed by atoms with van der Waals surface area (Å²) >= 11 is 0. The van der Waals surface area contributed by atoms with E-state index in [9.17, 15) is 14.7 Å². The molecule has 1 amide bonds. The van der Waals surface area contributed by atoms with Gasteiger partial charge in [-0.2, -0.15) is 0 Å². The third kappa shape index (κ3) is 2.48. The predicted molar refractivity (Wildman–Crippen MR) is 82.5 cm³/mol. The third-order valence-corrected chi connectivity index (χ3v) is 4.14. The molecule has 1 N–H and O–H groups in total. The molecular weight excluding hydrogens is 278 g/mol. The van der Waals surface area contributed by atoms with E-state index >= 15 is 0 Å². The minimum Gasteiger partial charge on any atom is -0.481 e. The number of carbonyl (C=O) groups excluding carboxylic acids is 1. The molecule has 0 aromatic heterocycles. The Kier molecular flexibility index (Phi) is 3.67. The fourth-order valence-electron chi connectivity index (χ4n) is 3.04. The number of carboxylic acids is 1. The summed E-state index contributed by atoms with van der Waals surface area (Å²) in [6.45, 7) is 2.40. The molecule has 4 nitrogen and oxygen atoms in total. The first kappa shape index (κ1) is 14.3. The van der Waals surface area contributed by atoms with Gasteiger partial charge in [0.25, 0.3) is 5.91 Å². The molecule has 0 unspecified atom stereocenters. The van der Waals surface area contributed by atoms with E-state index in [-0.39, 0.29) is 12.3 Å². The van der Waals surface area contributed by atoms with Crippen LogP contribution in [0.3, 0.4) is 0 Å². The first-order valence-electron chi connectivity index (χ1n) is 7.24. The minimum atomic E-state index is -0.906. The number of aryl methyl sites for hydroxylation is 1. The predicted octanol–water partition coefficient (Wildman–Crippen LogP) is 3.17. The van der Waals surface area contributed by atoms with Crippen LogP contribution in [0.5, 0.6) is 0 Å². The van der Waals surface area contributed by atoms with E-state index in [1.54, 1.807) is 11.0 Å². The van der Waals surface area contributed by atoms with E-state index in [4.69, 9.17) is 0 Å². The maximum absolute atomic E-state index is 12.6. The molecule has 0 bridgehead atoms. The van der Waals surface area contributed by atoms with Gasteiger partial charge in [-0.3, -0.25) is 9.59 Å². The Morgan fingerprint density at radius 1 is 1.18 bits per heavy atom. The molecule has 1 aliphatic heterocycles. The summed E-state index contributed by atoms with van der Waals surface area (Å²) in [5.41, 5.74) is 3.52. The third-order valence-electron chi connectivity index (χ3n) is 4.14. The average Bonchev–Trinajstić information content (AvgIpc) is 2.83. The van der Waals surface area contributed by atoms with Crippen LogP contribution in [0, 0.1) is 6.92 Å². The molecule has 112 valence electrons. The number of carboxylic acid groups (broad SMARTS) is 1. The van der Waals surface area contributed by atoms with E-state index in [0.717, 1.165) is 16.7 Å². The molecule has 0 radical (unpaired) electrons. The molecule has 3 rings (SSSR count). The highest BCUT2D eigenvalue weighted by Gasteiger charge is 2.34. The van der Waals surface area contributed by atoms with Crippen LogP contribution in [0.1, 0.15) is 39.5 Å². The van der Waals surface area contributed by atoms with Crippen LogP contribution in [-0.2, 0) is 11.3 Å². The molecule has 0 spiro atoms. The molecule has 1 heterocycles. The van der Waals surface area contributed by atoms with Crippen LogP contribution in [0.4, 0.5) is 0 Å². The average molecular weight is 295 g/mol. The Bertz CT molecular complexity index is 739. The van der Waals surface area contributed by atoms with E-state index in [1.165, 1.54) is 0 Å². The second kappa shape index (κ2) is 5.64. The van der Waals surface area contributed by atoms with Crippen molar-refractivity contribution in [2.24, 2.45) is 0 Å². The lowest BCUT2D eigenvalue weighted by atomic mass is 9.97. The smallest absolute Gasteiger partial charge is 0.305 e. The molecule has 0 aliphatic carbocycles. The van der Waals surface area contributed by atoms with Crippen LogP contribution >= 0.6 is 0 Å². The lowest BCUT2D eigenvalue weighted by Crippen LogP contribution is -2.31. The molecule has 1 atom stereocenters. The van der Waals surface area contributed by atoms with E-state index in [1.807, 2.05) is 49.4 Å². The van der Waals surface area contributed by atoms with Crippen molar-refractivity contribution < 1.29 is 14.7 Å². The Morgan fingerprint density at radius 2 is 1.86 bits per heavy atom. The van der Waals surface area contributed by atoms with Crippen molar-refractivity contribution in [3.05, 3.63) is 70.8 Å². The highest BCUT2D eigenvalue weighted by atomic mass is 16.4. The van der Waals surface area contributed by atoms with Gasteiger partial charge in [-0.25, -0.2) is 0 Å². The highest BCUT2D eigenvalue weighted by molar-refractivity contribution is 5.98. The van der Waals surface area contributed by atoms with Crippen molar-refractivity contribution in [2.75, 3.05) is 0 Å². The van der Waals surface area contributed by atoms with Crippen molar-refractivity contribution in [2.45, 2.75) is 25.9 Å². The second-order valence-electron chi connectivity index (χ2n) is 5.56. The van der Waals surface area contributed by atoms with Crippen molar-refractivity contribution in [1.29, 1.82) is 0 Å². The lowest BCUT2D eigenvalue weighted by molar-refractivity contribution is -0.138. The second-order valence-corrected chi connectivity index (χ2v) is 5.56. The topological polar surface area (TPSA) is 57.6 Å². The molecule has 4 heteroatoms. The summed E-state index contributed by atoms with van der Waals surface area (Å²) in [6, 6.07) is 14.6. The molecule has 1 aliphatic rings. The standard InChI is InChI=1S/C18H17NO3/c1-12-6-2-4-8-14(12)16(10-17(20)21)19-11-13-7-3-5-9-15(13)18(19)22/h2-9,16H,10-11H2,1H3,(H,20,21)/t16-/m0/s1. The van der Waals surface area contributed by atoms with Crippen molar-refractivity contribution in [1.82, 2.24) is 4.90 Å². The molecule has 2 aromatic carbocycles. The molecule has 0 saturated carbocycles. The number of aliphatic carboxylic acids is 1. The zero-order valence-corrected chi connectivity index (χ0v) is 12.3. The van der Waals surface area contributed by atoms with Gasteiger partial charge in [0.1, 0.15) is 0 Å². The maximum Gasteiger partial charge on any atom is 0.305 e. The Hall–Kier alpha value is -2.62. The van der Waals surface area contributed by atoms with Crippen molar-refractivity contribution in [3.8, 4) is 0 Å². The molecule has 2 aromatic rings. The monoisotopic (exact) mass is 295 g/mol. The van der Waals surface area contributed by atoms with E-state index < -0.39 is 12.0 Å². The fraction of sp³-hybridized carbons (Fsp3) is 0.222. The fourth-order valence-corrected chi connectivity index (χ4v) is 3.04. The van der Waals surface area contributed by atoms with Gasteiger partial charge in [-0.15, -0.1) is 0 Å². The quantitative estimate of drug-likeness (QED) is 0.942. The van der Waals surface area contributed by atoms with Gasteiger partial charge in [0, 0.05) is 12.1 Å². The molecule has 0 fully saturated rings. The Labute approximate surface area is 129 Å². The number of nitrogens with zero attached hydrogens (tertiary/aromatic N) is 1. The number of hydrogen-bond donors (Lipinski definition) is 1. The SMILES string of the molecule is Cc1ccccc1[C@H](CC(=O)O)N1Cc2ccccc2C1=O. The van der Waals surface area contributed by atoms with Crippen LogP contribution in [0.2, 0.25) is 0 Å². The zero-order valence-electron chi connectivity index (χ0n) is 12.3. The maximum atomic E-state index is 12.6. The number of carbonyl (C=O) groups is 2. The largest absolute Gasteiger partial charge is 0.481 e. The summed E-state index contributed by atoms with van der Waals surface area (Å²) in [5, 5.41) is 9.26. The van der Waals surface area contributed by atoms with Crippen LogP contribution in [-0.4, -0.2) is 21.9 Å². The minimum absolute atomic E-state index is 0.0925. The zero-order chi connectivity index (χ0) is 15.7. The van der Waals surface area contributed by atoms with Gasteiger partial charge in [0.05, 0.1) is 12.5 Å². The van der Waals surface area contributed by atoms with Crippen LogP contribution in [0.25, 0.3) is 0 Å². The first-order chi connectivity index (χ1) is 10.6. The number of rotatable bonds is 4. The van der Waals surface area contributed by atoms with Gasteiger partial charge in [-0.1, -0.05) is 42.5 Å². The lowest BCUT2D eigenvalue weighted by Gasteiger charge is -2.28. The number of benzene rings is 2. The van der Waals surface area contributed by atoms with Gasteiger partial charge < -0.3 is 10.0 Å². The summed E-state index contributed by atoms with van der Waals surface area (Å²) in [6.07, 6.45) is -0.0927. The summed E-state index contributed by atoms with van der Waals surface area (Å²) in [7, 11) is 0. The number of fused-ring (bicyclic) bond motifs is 1. The summed E-state index contributed by atoms with van der Waals surface area (Å²) < 4.78 is 0. The van der Waals surface area contributed by atoms with E-state index in [0.29, 0.717) is 12.1 Å². The molecule has 0 saturated heterocycles. The Balaban J connectivity index is 2.00. The first-order valence-corrected chi connectivity index (χ1v) is 7.24. The highest BCUT2D eigenvalue weighted by Crippen LogP contribution is 2.34. The van der Waals surface area contributed by atoms with Crippen LogP contribution < -0.4 is 0 Å². The summed E-state index contributed by atoms with van der Waals surface area (Å²) in [5.74, 6) is -0.998. The van der Waals surface area contributed by atoms with Gasteiger partial charge in [0.15, 0.2) is 0 Å². The van der Waals surface area contributed by atoms with Crippen LogP contribution in [0.15, 0.2) is 48.5 Å². The van der Waals surface area contributed by atoms with Gasteiger partial charge >= 0.3 is 5.97 Å². The summed E-state index contributed by atoms with van der Waals surface area (Å²) in [4.78, 5) is 25.6. The van der Waals surface area contributed by atoms with Crippen molar-refractivity contribution in [3.63, 3.8) is 0 Å². The Morgan fingerprint density at radius 3 is 2.55 bits per heavy atom. The number of amides is 1. The van der Waals surface area contributed by atoms with E-state index in [2.05, 4.69) is 0 Å². The normalized spacial score (nSPS) is 14.8. The van der Waals surface area contributed by atoms with Crippen molar-refractivity contribution >= 4 is 11.9 Å². The molecule has 22 heavy (non-hydrogen) atoms.